The normalized spacial score (nSPS) is 13.0. The monoisotopic (exact) mass is 567 g/mol. The number of hydrogen-bond donors (Lipinski definition) is 3. The molecule has 2 unspecified atom stereocenters. The molecule has 0 fully saturated rings. The maximum Gasteiger partial charge on any atom is 0.364 e. The molecule has 3 aromatic carbocycles. The average Bonchev–Trinajstić information content (AvgIpc) is 2.73. The van der Waals surface area contributed by atoms with Crippen molar-refractivity contribution in [1.29, 1.82) is 0 Å². The van der Waals surface area contributed by atoms with E-state index in [0.29, 0.717) is 38.0 Å². The fraction of sp³-hybridized carbons (Fsp3) is 0.136. The fourth-order valence-electron chi connectivity index (χ4n) is 2.87. The molecule has 3 rings (SSSR count). The zero-order valence-electron chi connectivity index (χ0n) is 16.2. The van der Waals surface area contributed by atoms with Crippen molar-refractivity contribution in [2.75, 3.05) is 0 Å². The first kappa shape index (κ1) is 23.4. The molecular formula is C22H18Br2O6P+. The van der Waals surface area contributed by atoms with Crippen LogP contribution in [0.3, 0.4) is 0 Å². The van der Waals surface area contributed by atoms with Gasteiger partial charge < -0.3 is 20.1 Å². The van der Waals surface area contributed by atoms with E-state index in [9.17, 15) is 19.6 Å². The molecule has 0 bridgehead atoms. The first-order valence-corrected chi connectivity index (χ1v) is 11.5. The van der Waals surface area contributed by atoms with E-state index in [0.717, 1.165) is 5.56 Å². The molecule has 0 radical (unpaired) electrons. The van der Waals surface area contributed by atoms with Crippen LogP contribution in [0.25, 0.3) is 0 Å². The van der Waals surface area contributed by atoms with Gasteiger partial charge in [-0.3, -0.25) is 0 Å². The lowest BCUT2D eigenvalue weighted by Crippen LogP contribution is -2.12. The van der Waals surface area contributed by atoms with E-state index in [4.69, 9.17) is 9.84 Å². The molecule has 0 spiro atoms. The van der Waals surface area contributed by atoms with Gasteiger partial charge in [0, 0.05) is 24.5 Å². The summed E-state index contributed by atoms with van der Waals surface area (Å²) in [5, 5.41) is 28.0. The van der Waals surface area contributed by atoms with Gasteiger partial charge in [-0.05, 0) is 79.9 Å². The number of carboxylic acids is 1. The summed E-state index contributed by atoms with van der Waals surface area (Å²) < 4.78 is 18.4. The number of phenolic OH excluding ortho intramolecular Hbond substituents is 1. The van der Waals surface area contributed by atoms with Crippen LogP contribution in [-0.4, -0.2) is 21.3 Å². The summed E-state index contributed by atoms with van der Waals surface area (Å²) in [6, 6.07) is 14.5. The lowest BCUT2D eigenvalue weighted by molar-refractivity contribution is 0.0697. The predicted molar refractivity (Wildman–Crippen MR) is 125 cm³/mol. The number of aromatic carboxylic acids is 1. The van der Waals surface area contributed by atoms with Gasteiger partial charge in [0.15, 0.2) is 5.75 Å². The lowest BCUT2D eigenvalue weighted by Gasteiger charge is -2.15. The molecule has 0 aliphatic rings. The highest BCUT2D eigenvalue weighted by molar-refractivity contribution is 9.11. The maximum absolute atomic E-state index is 11.3. The number of carboxylic acid groups (broad SMARTS) is 1. The summed E-state index contributed by atoms with van der Waals surface area (Å²) in [4.78, 5) is 11.0. The van der Waals surface area contributed by atoms with Crippen LogP contribution in [0.2, 0.25) is 0 Å². The second-order valence-corrected chi connectivity index (χ2v) is 9.90. The third kappa shape index (κ3) is 5.52. The molecular weight excluding hydrogens is 551 g/mol. The van der Waals surface area contributed by atoms with Gasteiger partial charge in [-0.25, -0.2) is 4.79 Å². The van der Waals surface area contributed by atoms with Gasteiger partial charge in [-0.2, -0.15) is 0 Å². The third-order valence-corrected chi connectivity index (χ3v) is 6.49. The highest BCUT2D eigenvalue weighted by Gasteiger charge is 2.33. The predicted octanol–water partition coefficient (Wildman–Crippen LogP) is 6.19. The minimum absolute atomic E-state index is 0.0932. The third-order valence-electron chi connectivity index (χ3n) is 4.63. The number of carbonyl (C=O) groups is 1. The number of hydrogen-bond acceptors (Lipinski definition) is 5. The van der Waals surface area contributed by atoms with Crippen LogP contribution >= 0.6 is 40.3 Å². The molecule has 0 aliphatic carbocycles. The summed E-state index contributed by atoms with van der Waals surface area (Å²) in [7, 11) is -0.932. The van der Waals surface area contributed by atoms with E-state index in [1.165, 1.54) is 25.1 Å². The molecule has 2 atom stereocenters. The summed E-state index contributed by atoms with van der Waals surface area (Å²) in [5.41, 5.74) is 2.10. The number of rotatable bonds is 7. The molecule has 31 heavy (non-hydrogen) atoms. The molecule has 0 saturated carbocycles. The van der Waals surface area contributed by atoms with Gasteiger partial charge in [-0.1, -0.05) is 16.7 Å². The number of ether oxygens (including phenoxy) is 1. The summed E-state index contributed by atoms with van der Waals surface area (Å²) >= 11 is 6.84. The Labute approximate surface area is 197 Å². The van der Waals surface area contributed by atoms with Gasteiger partial charge in [0.1, 0.15) is 11.5 Å². The zero-order chi connectivity index (χ0) is 22.8. The van der Waals surface area contributed by atoms with Crippen molar-refractivity contribution in [3.05, 3.63) is 85.8 Å². The Hall–Kier alpha value is -2.25. The van der Waals surface area contributed by atoms with Crippen molar-refractivity contribution in [3.8, 4) is 17.2 Å². The quantitative estimate of drug-likeness (QED) is 0.294. The van der Waals surface area contributed by atoms with Gasteiger partial charge in [-0.15, -0.1) is 0 Å². The average molecular weight is 569 g/mol. The molecule has 9 heteroatoms. The molecule has 0 saturated heterocycles. The Morgan fingerprint density at radius 3 is 2.23 bits per heavy atom. The Balaban J connectivity index is 1.87. The van der Waals surface area contributed by atoms with Gasteiger partial charge in [0.05, 0.1) is 14.5 Å². The van der Waals surface area contributed by atoms with Gasteiger partial charge in [0.2, 0.25) is 0 Å². The molecule has 0 heterocycles. The van der Waals surface area contributed by atoms with Crippen LogP contribution in [0, 0.1) is 0 Å². The maximum atomic E-state index is 11.3. The first-order valence-electron chi connectivity index (χ1n) is 9.04. The Kier molecular flexibility index (Phi) is 7.17. The van der Waals surface area contributed by atoms with Crippen LogP contribution in [0.4, 0.5) is 0 Å². The molecule has 3 aromatic rings. The van der Waals surface area contributed by atoms with Crippen molar-refractivity contribution in [1.82, 2.24) is 0 Å². The van der Waals surface area contributed by atoms with E-state index in [2.05, 4.69) is 31.9 Å². The van der Waals surface area contributed by atoms with Crippen LogP contribution < -0.4 is 4.74 Å². The van der Waals surface area contributed by atoms with Gasteiger partial charge in [0.25, 0.3) is 5.34 Å². The topological polar surface area (TPSA) is 104 Å². The van der Waals surface area contributed by atoms with Crippen molar-refractivity contribution >= 4 is 46.3 Å². The second kappa shape index (κ2) is 9.49. The van der Waals surface area contributed by atoms with E-state index < -0.39 is 19.8 Å². The molecule has 0 aromatic heterocycles. The number of halogens is 2. The number of benzene rings is 3. The van der Waals surface area contributed by atoms with E-state index in [1.54, 1.807) is 36.4 Å². The molecule has 0 amide bonds. The molecule has 0 aliphatic heterocycles. The summed E-state index contributed by atoms with van der Waals surface area (Å²) in [5.74, 6) is 0.0256. The smallest absolute Gasteiger partial charge is 0.364 e. The Bertz CT molecular complexity index is 1120. The Morgan fingerprint density at radius 1 is 1.06 bits per heavy atom. The number of phenols is 1. The minimum atomic E-state index is -1.48. The molecule has 6 nitrogen and oxygen atoms in total. The number of aliphatic hydroxyl groups is 1. The fourth-order valence-corrected chi connectivity index (χ4v) is 4.48. The lowest BCUT2D eigenvalue weighted by atomic mass is 10.0. The van der Waals surface area contributed by atoms with E-state index in [-0.39, 0.29) is 11.3 Å². The van der Waals surface area contributed by atoms with E-state index >= 15 is 0 Å². The minimum Gasteiger partial charge on any atom is -0.508 e. The van der Waals surface area contributed by atoms with Gasteiger partial charge >= 0.3 is 14.4 Å². The zero-order valence-corrected chi connectivity index (χ0v) is 20.4. The van der Waals surface area contributed by atoms with Crippen LogP contribution in [0.1, 0.15) is 34.0 Å². The summed E-state index contributed by atoms with van der Waals surface area (Å²) in [6.07, 6.45) is 0.386. The van der Waals surface area contributed by atoms with Crippen molar-refractivity contribution in [3.63, 3.8) is 0 Å². The van der Waals surface area contributed by atoms with Crippen molar-refractivity contribution in [2.45, 2.75) is 18.7 Å². The highest BCUT2D eigenvalue weighted by Crippen LogP contribution is 2.43. The summed E-state index contributed by atoms with van der Waals surface area (Å²) in [6.45, 7) is 1.46. The van der Waals surface area contributed by atoms with Crippen LogP contribution in [0.5, 0.6) is 17.2 Å². The van der Waals surface area contributed by atoms with Crippen molar-refractivity contribution < 1.29 is 29.4 Å². The SMILES string of the molecule is CC(O)([PH+]=O)c1cc(Br)c(Oc2ccc(O)c(Cc3ccc(C(=O)O)cc3)c2)c(Br)c1. The standard InChI is InChI=1S/C22H17Br2O6P/c1-22(28,31-29)15-10-17(23)20(18(24)11-15)30-16-6-7-19(25)14(9-16)8-12-2-4-13(5-3-12)21(26)27/h2-7,9-11,25,28H,8H2,1H3,(H,26,27)/p+1. The van der Waals surface area contributed by atoms with Crippen LogP contribution in [0.15, 0.2) is 63.5 Å². The molecule has 3 N–H and O–H groups in total. The van der Waals surface area contributed by atoms with Crippen LogP contribution in [-0.2, 0) is 16.3 Å². The van der Waals surface area contributed by atoms with E-state index in [1.807, 2.05) is 0 Å². The van der Waals surface area contributed by atoms with Crippen molar-refractivity contribution in [2.24, 2.45) is 0 Å². The molecule has 160 valence electrons. The number of aromatic hydroxyl groups is 1. The largest absolute Gasteiger partial charge is 0.508 e. The first-order chi connectivity index (χ1) is 14.6. The Morgan fingerprint density at radius 2 is 1.68 bits per heavy atom. The highest BCUT2D eigenvalue weighted by atomic mass is 79.9. The second-order valence-electron chi connectivity index (χ2n) is 7.01.